The largest absolute Gasteiger partial charge is 0.311 e. The lowest BCUT2D eigenvalue weighted by Gasteiger charge is -2.40. The molecule has 0 spiro atoms. The molecule has 0 aliphatic heterocycles. The van der Waals surface area contributed by atoms with Crippen LogP contribution in [0, 0.1) is 11.8 Å². The van der Waals surface area contributed by atoms with Crippen LogP contribution in [0.5, 0.6) is 0 Å². The lowest BCUT2D eigenvalue weighted by atomic mass is 9.90. The number of likely N-dealkylation sites (N-methyl/N-ethyl adjacent to an activating group) is 1. The van der Waals surface area contributed by atoms with Crippen molar-refractivity contribution >= 4 is 0 Å². The van der Waals surface area contributed by atoms with Gasteiger partial charge < -0.3 is 10.2 Å². The summed E-state index contributed by atoms with van der Waals surface area (Å²) in [5.74, 6) is 6.16. The summed E-state index contributed by atoms with van der Waals surface area (Å²) < 4.78 is 0. The van der Waals surface area contributed by atoms with E-state index in [0.29, 0.717) is 6.04 Å². The number of hydrogen-bond donors (Lipinski definition) is 1. The van der Waals surface area contributed by atoms with Gasteiger partial charge in [0.25, 0.3) is 0 Å². The summed E-state index contributed by atoms with van der Waals surface area (Å²) in [5, 5.41) is 3.58. The molecule has 0 aromatic carbocycles. The molecule has 0 radical (unpaired) electrons. The lowest BCUT2D eigenvalue weighted by Crippen LogP contribution is -2.55. The van der Waals surface area contributed by atoms with Crippen molar-refractivity contribution in [2.24, 2.45) is 0 Å². The molecule has 0 aliphatic rings. The highest BCUT2D eigenvalue weighted by Crippen LogP contribution is 2.18. The van der Waals surface area contributed by atoms with E-state index in [9.17, 15) is 0 Å². The summed E-state index contributed by atoms with van der Waals surface area (Å²) in [5.41, 5.74) is 0.138. The van der Waals surface area contributed by atoms with Crippen molar-refractivity contribution in [3.8, 4) is 11.8 Å². The van der Waals surface area contributed by atoms with E-state index >= 15 is 0 Å². The zero-order chi connectivity index (χ0) is 11.9. The SMILES string of the molecule is CC#CCC(NCCC)C(C)(C)N(C)C. The molecule has 2 nitrogen and oxygen atoms in total. The fraction of sp³-hybridized carbons (Fsp3) is 0.846. The number of nitrogens with one attached hydrogen (secondary N) is 1. The molecule has 1 atom stereocenters. The van der Waals surface area contributed by atoms with Crippen LogP contribution in [0.15, 0.2) is 0 Å². The second kappa shape index (κ2) is 6.87. The predicted octanol–water partition coefficient (Wildman–Crippen LogP) is 2.11. The van der Waals surface area contributed by atoms with E-state index in [4.69, 9.17) is 0 Å². The predicted molar refractivity (Wildman–Crippen MR) is 67.9 cm³/mol. The second-order valence-corrected chi connectivity index (χ2v) is 4.69. The topological polar surface area (TPSA) is 15.3 Å². The molecule has 0 bridgehead atoms. The fourth-order valence-corrected chi connectivity index (χ4v) is 1.41. The Hall–Kier alpha value is -0.520. The van der Waals surface area contributed by atoms with Gasteiger partial charge >= 0.3 is 0 Å². The van der Waals surface area contributed by atoms with E-state index in [1.165, 1.54) is 6.42 Å². The van der Waals surface area contributed by atoms with Gasteiger partial charge in [-0.2, -0.15) is 0 Å². The van der Waals surface area contributed by atoms with Gasteiger partial charge in [0.15, 0.2) is 0 Å². The first-order valence-corrected chi connectivity index (χ1v) is 5.77. The van der Waals surface area contributed by atoms with Crippen LogP contribution in [0.25, 0.3) is 0 Å². The Labute approximate surface area is 95.4 Å². The van der Waals surface area contributed by atoms with Gasteiger partial charge in [-0.05, 0) is 47.8 Å². The third-order valence-corrected chi connectivity index (χ3v) is 3.13. The molecule has 1 unspecified atom stereocenters. The molecular formula is C13H26N2. The van der Waals surface area contributed by atoms with E-state index in [1.54, 1.807) is 0 Å². The first-order chi connectivity index (χ1) is 6.96. The Kier molecular flexibility index (Phi) is 6.63. The van der Waals surface area contributed by atoms with Crippen LogP contribution in [-0.4, -0.2) is 37.1 Å². The van der Waals surface area contributed by atoms with Crippen molar-refractivity contribution in [2.45, 2.75) is 52.1 Å². The van der Waals surface area contributed by atoms with Crippen molar-refractivity contribution in [2.75, 3.05) is 20.6 Å². The molecule has 0 saturated carbocycles. The van der Waals surface area contributed by atoms with Crippen molar-refractivity contribution < 1.29 is 0 Å². The Morgan fingerprint density at radius 3 is 2.33 bits per heavy atom. The van der Waals surface area contributed by atoms with Gasteiger partial charge in [0.2, 0.25) is 0 Å². The maximum absolute atomic E-state index is 3.58. The average molecular weight is 210 g/mol. The molecule has 15 heavy (non-hydrogen) atoms. The summed E-state index contributed by atoms with van der Waals surface area (Å²) in [7, 11) is 4.25. The highest BCUT2D eigenvalue weighted by atomic mass is 15.2. The molecule has 0 saturated heterocycles. The minimum atomic E-state index is 0.138. The molecule has 88 valence electrons. The molecule has 0 fully saturated rings. The molecule has 0 amide bonds. The Balaban J connectivity index is 4.49. The Morgan fingerprint density at radius 2 is 1.93 bits per heavy atom. The summed E-state index contributed by atoms with van der Waals surface area (Å²) in [4.78, 5) is 2.26. The maximum atomic E-state index is 3.58. The van der Waals surface area contributed by atoms with E-state index in [2.05, 4.69) is 56.9 Å². The average Bonchev–Trinajstić information content (AvgIpc) is 2.17. The molecule has 0 aliphatic carbocycles. The monoisotopic (exact) mass is 210 g/mol. The summed E-state index contributed by atoms with van der Waals surface area (Å²) in [6.45, 7) is 9.68. The summed E-state index contributed by atoms with van der Waals surface area (Å²) in [6, 6.07) is 0.430. The first kappa shape index (κ1) is 14.5. The number of hydrogen-bond acceptors (Lipinski definition) is 2. The minimum Gasteiger partial charge on any atom is -0.311 e. The van der Waals surface area contributed by atoms with Crippen LogP contribution < -0.4 is 5.32 Å². The standard InChI is InChI=1S/C13H26N2/c1-7-9-10-12(14-11-8-2)13(3,4)15(5)6/h12,14H,8,10-11H2,1-6H3. The molecule has 0 aromatic heterocycles. The maximum Gasteiger partial charge on any atom is 0.0356 e. The van der Waals surface area contributed by atoms with E-state index < -0.39 is 0 Å². The van der Waals surface area contributed by atoms with E-state index in [-0.39, 0.29) is 5.54 Å². The zero-order valence-electron chi connectivity index (χ0n) is 11.1. The third kappa shape index (κ3) is 4.68. The minimum absolute atomic E-state index is 0.138. The summed E-state index contributed by atoms with van der Waals surface area (Å²) >= 11 is 0. The Morgan fingerprint density at radius 1 is 1.33 bits per heavy atom. The van der Waals surface area contributed by atoms with Gasteiger partial charge in [0.05, 0.1) is 0 Å². The molecule has 0 rings (SSSR count). The van der Waals surface area contributed by atoms with Crippen molar-refractivity contribution in [3.63, 3.8) is 0 Å². The van der Waals surface area contributed by atoms with E-state index in [1.807, 2.05) is 6.92 Å². The van der Waals surface area contributed by atoms with Crippen molar-refractivity contribution in [1.29, 1.82) is 0 Å². The van der Waals surface area contributed by atoms with Gasteiger partial charge in [-0.25, -0.2) is 0 Å². The van der Waals surface area contributed by atoms with Crippen LogP contribution in [-0.2, 0) is 0 Å². The fourth-order valence-electron chi connectivity index (χ4n) is 1.41. The quantitative estimate of drug-likeness (QED) is 0.676. The van der Waals surface area contributed by atoms with Gasteiger partial charge in [-0.1, -0.05) is 6.92 Å². The van der Waals surface area contributed by atoms with Crippen LogP contribution in [0.1, 0.15) is 40.5 Å². The second-order valence-electron chi connectivity index (χ2n) is 4.69. The molecule has 1 N–H and O–H groups in total. The van der Waals surface area contributed by atoms with Crippen LogP contribution in [0.2, 0.25) is 0 Å². The lowest BCUT2D eigenvalue weighted by molar-refractivity contribution is 0.139. The first-order valence-electron chi connectivity index (χ1n) is 5.77. The number of nitrogens with zero attached hydrogens (tertiary/aromatic N) is 1. The van der Waals surface area contributed by atoms with Crippen molar-refractivity contribution in [1.82, 2.24) is 10.2 Å². The van der Waals surface area contributed by atoms with Gasteiger partial charge in [-0.3, -0.25) is 0 Å². The highest BCUT2D eigenvalue weighted by molar-refractivity contribution is 5.03. The smallest absolute Gasteiger partial charge is 0.0356 e. The highest BCUT2D eigenvalue weighted by Gasteiger charge is 2.30. The molecule has 0 aromatic rings. The van der Waals surface area contributed by atoms with Gasteiger partial charge in [0, 0.05) is 18.0 Å². The Bertz CT molecular complexity index is 220. The zero-order valence-corrected chi connectivity index (χ0v) is 11.1. The molecule has 2 heteroatoms. The number of rotatable bonds is 6. The summed E-state index contributed by atoms with van der Waals surface area (Å²) in [6.07, 6.45) is 2.08. The van der Waals surface area contributed by atoms with Crippen LogP contribution in [0.4, 0.5) is 0 Å². The van der Waals surface area contributed by atoms with Gasteiger partial charge in [0.1, 0.15) is 0 Å². The van der Waals surface area contributed by atoms with Crippen LogP contribution in [0.3, 0.4) is 0 Å². The van der Waals surface area contributed by atoms with Crippen LogP contribution >= 0.6 is 0 Å². The van der Waals surface area contributed by atoms with Crippen molar-refractivity contribution in [3.05, 3.63) is 0 Å². The normalized spacial score (nSPS) is 13.5. The van der Waals surface area contributed by atoms with E-state index in [0.717, 1.165) is 13.0 Å². The molecular weight excluding hydrogens is 184 g/mol. The third-order valence-electron chi connectivity index (χ3n) is 3.13. The van der Waals surface area contributed by atoms with Gasteiger partial charge in [-0.15, -0.1) is 11.8 Å². The molecule has 0 heterocycles.